The lowest BCUT2D eigenvalue weighted by atomic mass is 9.83. The maximum absolute atomic E-state index is 10.9. The molecule has 1 heterocycles. The molecule has 1 aliphatic rings. The molecule has 0 radical (unpaired) electrons. The molecule has 0 atom stereocenters. The third-order valence-electron chi connectivity index (χ3n) is 3.19. The number of hydrogen-bond donors (Lipinski definition) is 2. The van der Waals surface area contributed by atoms with Gasteiger partial charge >= 0.3 is 5.97 Å². The summed E-state index contributed by atoms with van der Waals surface area (Å²) >= 11 is 5.96. The van der Waals surface area contributed by atoms with Crippen molar-refractivity contribution in [2.75, 3.05) is 11.9 Å². The Hall–Kier alpha value is -1.29. The van der Waals surface area contributed by atoms with Crippen LogP contribution in [-0.2, 0) is 0 Å². The molecule has 2 N–H and O–H groups in total. The van der Waals surface area contributed by atoms with Crippen LogP contribution >= 0.6 is 11.6 Å². The van der Waals surface area contributed by atoms with Crippen LogP contribution in [0, 0.1) is 5.92 Å². The van der Waals surface area contributed by atoms with Crippen LogP contribution in [0.15, 0.2) is 12.3 Å². The number of aromatic carboxylic acids is 1. The predicted octanol–water partition coefficient (Wildman–Crippen LogP) is 3.04. The fraction of sp³-hybridized carbons (Fsp3) is 0.500. The fourth-order valence-electron chi connectivity index (χ4n) is 1.91. The molecule has 2 rings (SSSR count). The highest BCUT2D eigenvalue weighted by molar-refractivity contribution is 6.35. The number of halogens is 1. The number of hydrogen-bond acceptors (Lipinski definition) is 3. The first-order chi connectivity index (χ1) is 8.18. The molecule has 0 spiro atoms. The summed E-state index contributed by atoms with van der Waals surface area (Å²) in [6.45, 7) is 0.792. The van der Waals surface area contributed by atoms with Crippen molar-refractivity contribution in [3.8, 4) is 0 Å². The summed E-state index contributed by atoms with van der Waals surface area (Å²) < 4.78 is 0. The van der Waals surface area contributed by atoms with Gasteiger partial charge in [0.15, 0.2) is 0 Å². The third kappa shape index (κ3) is 2.88. The van der Waals surface area contributed by atoms with Crippen molar-refractivity contribution in [1.82, 2.24) is 4.98 Å². The van der Waals surface area contributed by atoms with Gasteiger partial charge in [0.25, 0.3) is 0 Å². The molecule has 0 aliphatic heterocycles. The summed E-state index contributed by atoms with van der Waals surface area (Å²) in [5, 5.41) is 12.2. The molecule has 0 bridgehead atoms. The molecule has 1 fully saturated rings. The van der Waals surface area contributed by atoms with E-state index in [9.17, 15) is 4.79 Å². The molecular weight excluding hydrogens is 240 g/mol. The van der Waals surface area contributed by atoms with Gasteiger partial charge in [-0.05, 0) is 18.4 Å². The highest BCUT2D eigenvalue weighted by Gasteiger charge is 2.17. The van der Waals surface area contributed by atoms with Crippen molar-refractivity contribution in [2.45, 2.75) is 25.7 Å². The van der Waals surface area contributed by atoms with E-state index in [4.69, 9.17) is 16.7 Å². The minimum atomic E-state index is -1.03. The monoisotopic (exact) mass is 254 g/mol. The van der Waals surface area contributed by atoms with Gasteiger partial charge in [-0.2, -0.15) is 0 Å². The number of carbonyl (C=O) groups is 1. The normalized spacial score (nSPS) is 15.4. The number of carboxylic acids is 1. The molecule has 1 aliphatic carbocycles. The maximum atomic E-state index is 10.9. The molecule has 1 saturated carbocycles. The van der Waals surface area contributed by atoms with E-state index in [0.29, 0.717) is 5.82 Å². The van der Waals surface area contributed by atoms with Crippen LogP contribution in [0.3, 0.4) is 0 Å². The molecule has 5 heteroatoms. The molecule has 0 saturated heterocycles. The zero-order valence-electron chi connectivity index (χ0n) is 9.45. The van der Waals surface area contributed by atoms with Gasteiger partial charge in [-0.3, -0.25) is 0 Å². The Morgan fingerprint density at radius 3 is 2.94 bits per heavy atom. The van der Waals surface area contributed by atoms with Crippen LogP contribution in [-0.4, -0.2) is 22.6 Å². The maximum Gasteiger partial charge on any atom is 0.337 e. The molecule has 4 nitrogen and oxygen atoms in total. The SMILES string of the molecule is O=C(O)c1ccnc(NCCC2CCC2)c1Cl. The zero-order valence-corrected chi connectivity index (χ0v) is 10.2. The Labute approximate surface area is 105 Å². The van der Waals surface area contributed by atoms with E-state index < -0.39 is 5.97 Å². The van der Waals surface area contributed by atoms with Crippen LogP contribution in [0.25, 0.3) is 0 Å². The van der Waals surface area contributed by atoms with Crippen molar-refractivity contribution >= 4 is 23.4 Å². The average molecular weight is 255 g/mol. The highest BCUT2D eigenvalue weighted by Crippen LogP contribution is 2.29. The predicted molar refractivity (Wildman–Crippen MR) is 66.7 cm³/mol. The first-order valence-electron chi connectivity index (χ1n) is 5.80. The quantitative estimate of drug-likeness (QED) is 0.848. The smallest absolute Gasteiger partial charge is 0.337 e. The van der Waals surface area contributed by atoms with Crippen LogP contribution in [0.1, 0.15) is 36.0 Å². The zero-order chi connectivity index (χ0) is 12.3. The number of aromatic nitrogens is 1. The van der Waals surface area contributed by atoms with E-state index in [0.717, 1.165) is 18.9 Å². The van der Waals surface area contributed by atoms with Gasteiger partial charge in [-0.25, -0.2) is 9.78 Å². The first-order valence-corrected chi connectivity index (χ1v) is 6.18. The summed E-state index contributed by atoms with van der Waals surface area (Å²) in [4.78, 5) is 14.9. The van der Waals surface area contributed by atoms with Crippen molar-refractivity contribution in [3.05, 3.63) is 22.8 Å². The minimum Gasteiger partial charge on any atom is -0.478 e. The van der Waals surface area contributed by atoms with Crippen molar-refractivity contribution in [2.24, 2.45) is 5.92 Å². The Morgan fingerprint density at radius 1 is 1.59 bits per heavy atom. The van der Waals surface area contributed by atoms with Crippen molar-refractivity contribution < 1.29 is 9.90 Å². The Balaban J connectivity index is 1.95. The first kappa shape index (κ1) is 12.2. The molecule has 0 unspecified atom stereocenters. The molecule has 17 heavy (non-hydrogen) atoms. The topological polar surface area (TPSA) is 62.2 Å². The summed E-state index contributed by atoms with van der Waals surface area (Å²) in [6.07, 6.45) is 6.49. The molecule has 1 aromatic rings. The second kappa shape index (κ2) is 5.36. The van der Waals surface area contributed by atoms with E-state index in [-0.39, 0.29) is 10.6 Å². The molecular formula is C12H15ClN2O2. The van der Waals surface area contributed by atoms with Gasteiger partial charge in [0.1, 0.15) is 5.82 Å². The minimum absolute atomic E-state index is 0.0906. The van der Waals surface area contributed by atoms with Crippen LogP contribution in [0.4, 0.5) is 5.82 Å². The van der Waals surface area contributed by atoms with E-state index in [1.165, 1.54) is 31.5 Å². The number of nitrogens with zero attached hydrogens (tertiary/aromatic N) is 1. The summed E-state index contributed by atoms with van der Waals surface area (Å²) in [6, 6.07) is 1.40. The Bertz CT molecular complexity index is 419. The number of anilines is 1. The summed E-state index contributed by atoms with van der Waals surface area (Å²) in [5.41, 5.74) is 0.0906. The second-order valence-corrected chi connectivity index (χ2v) is 4.72. The third-order valence-corrected chi connectivity index (χ3v) is 3.57. The lowest BCUT2D eigenvalue weighted by molar-refractivity contribution is 0.0697. The molecule has 0 amide bonds. The lowest BCUT2D eigenvalue weighted by Crippen LogP contribution is -2.16. The van der Waals surface area contributed by atoms with Crippen molar-refractivity contribution in [3.63, 3.8) is 0 Å². The average Bonchev–Trinajstić information content (AvgIpc) is 2.23. The Morgan fingerprint density at radius 2 is 2.35 bits per heavy atom. The Kier molecular flexibility index (Phi) is 3.84. The number of rotatable bonds is 5. The van der Waals surface area contributed by atoms with Crippen LogP contribution in [0.2, 0.25) is 5.02 Å². The summed E-state index contributed by atoms with van der Waals surface area (Å²) in [5.74, 6) is 0.245. The van der Waals surface area contributed by atoms with E-state index in [2.05, 4.69) is 10.3 Å². The van der Waals surface area contributed by atoms with Gasteiger partial charge in [0, 0.05) is 12.7 Å². The molecule has 1 aromatic heterocycles. The highest BCUT2D eigenvalue weighted by atomic mass is 35.5. The van der Waals surface area contributed by atoms with Gasteiger partial charge in [-0.15, -0.1) is 0 Å². The van der Waals surface area contributed by atoms with E-state index in [1.807, 2.05) is 0 Å². The fourth-order valence-corrected chi connectivity index (χ4v) is 2.17. The number of nitrogens with one attached hydrogen (secondary N) is 1. The largest absolute Gasteiger partial charge is 0.478 e. The van der Waals surface area contributed by atoms with Crippen LogP contribution < -0.4 is 5.32 Å². The molecule has 92 valence electrons. The number of pyridine rings is 1. The van der Waals surface area contributed by atoms with E-state index in [1.54, 1.807) is 0 Å². The van der Waals surface area contributed by atoms with Gasteiger partial charge in [0.05, 0.1) is 10.6 Å². The standard InChI is InChI=1S/C12H15ClN2O2/c13-10-9(12(16)17)5-7-15-11(10)14-6-4-8-2-1-3-8/h5,7-8H,1-4,6H2,(H,14,15)(H,16,17). The van der Waals surface area contributed by atoms with Crippen LogP contribution in [0.5, 0.6) is 0 Å². The second-order valence-electron chi connectivity index (χ2n) is 4.34. The van der Waals surface area contributed by atoms with Gasteiger partial charge in [-0.1, -0.05) is 30.9 Å². The lowest BCUT2D eigenvalue weighted by Gasteiger charge is -2.25. The van der Waals surface area contributed by atoms with Crippen molar-refractivity contribution in [1.29, 1.82) is 0 Å². The molecule has 0 aromatic carbocycles. The van der Waals surface area contributed by atoms with E-state index >= 15 is 0 Å². The number of carboxylic acid groups (broad SMARTS) is 1. The summed E-state index contributed by atoms with van der Waals surface area (Å²) in [7, 11) is 0. The van der Waals surface area contributed by atoms with Gasteiger partial charge < -0.3 is 10.4 Å². The van der Waals surface area contributed by atoms with Gasteiger partial charge in [0.2, 0.25) is 0 Å².